The SMILES string of the molecule is Br.O=C1/C(=C/c2ccc([N+](=O)[O-])cc2)CN(CCCP(=O)(O)O)C/C1=C\c1ccc([N+](=O)[O-])cc1. The molecule has 0 atom stereocenters. The molecule has 0 aromatic heterocycles. The van der Waals surface area contributed by atoms with Crippen molar-refractivity contribution >= 4 is 53.9 Å². The first-order chi connectivity index (χ1) is 16.0. The average molecular weight is 568 g/mol. The summed E-state index contributed by atoms with van der Waals surface area (Å²) in [4.78, 5) is 54.0. The zero-order valence-corrected chi connectivity index (χ0v) is 21.0. The number of nitro benzene ring substituents is 2. The van der Waals surface area contributed by atoms with Gasteiger partial charge in [-0.3, -0.25) is 34.5 Å². The van der Waals surface area contributed by atoms with Crippen LogP contribution >= 0.6 is 24.6 Å². The largest absolute Gasteiger partial charge is 0.325 e. The van der Waals surface area contributed by atoms with Crippen molar-refractivity contribution in [1.29, 1.82) is 0 Å². The highest BCUT2D eigenvalue weighted by Crippen LogP contribution is 2.35. The Morgan fingerprint density at radius 3 is 1.60 bits per heavy atom. The predicted octanol–water partition coefficient (Wildman–Crippen LogP) is 4.00. The van der Waals surface area contributed by atoms with Gasteiger partial charge >= 0.3 is 7.60 Å². The molecule has 1 fully saturated rings. The van der Waals surface area contributed by atoms with Gasteiger partial charge in [-0.25, -0.2) is 0 Å². The van der Waals surface area contributed by atoms with Crippen molar-refractivity contribution in [3.63, 3.8) is 0 Å². The van der Waals surface area contributed by atoms with E-state index < -0.39 is 17.4 Å². The van der Waals surface area contributed by atoms with Gasteiger partial charge in [0.05, 0.1) is 16.0 Å². The van der Waals surface area contributed by atoms with E-state index in [4.69, 9.17) is 9.79 Å². The number of benzene rings is 2. The Morgan fingerprint density at radius 2 is 1.26 bits per heavy atom. The van der Waals surface area contributed by atoms with Crippen molar-refractivity contribution in [2.45, 2.75) is 6.42 Å². The van der Waals surface area contributed by atoms with Gasteiger partial charge in [-0.05, 0) is 60.5 Å². The quantitative estimate of drug-likeness (QED) is 0.207. The van der Waals surface area contributed by atoms with E-state index in [9.17, 15) is 29.6 Å². The molecule has 2 aromatic carbocycles. The second-order valence-electron chi connectivity index (χ2n) is 7.82. The molecule has 13 heteroatoms. The Hall–Kier alpha value is -3.02. The van der Waals surface area contributed by atoms with Gasteiger partial charge in [0.1, 0.15) is 0 Å². The predicted molar refractivity (Wildman–Crippen MR) is 135 cm³/mol. The number of carbonyl (C=O) groups is 1. The summed E-state index contributed by atoms with van der Waals surface area (Å²) in [5.41, 5.74) is 1.89. The lowest BCUT2D eigenvalue weighted by atomic mass is 9.94. The van der Waals surface area contributed by atoms with E-state index in [2.05, 4.69) is 0 Å². The molecular weight excluding hydrogens is 545 g/mol. The Labute approximate surface area is 211 Å². The maximum atomic E-state index is 13.2. The molecule has 0 saturated carbocycles. The minimum atomic E-state index is -4.14. The molecule has 2 N–H and O–H groups in total. The molecule has 1 heterocycles. The smallest absolute Gasteiger partial charge is 0.324 e. The fourth-order valence-electron chi connectivity index (χ4n) is 3.56. The highest BCUT2D eigenvalue weighted by Gasteiger charge is 2.26. The highest BCUT2D eigenvalue weighted by molar-refractivity contribution is 8.93. The normalized spacial score (nSPS) is 16.8. The van der Waals surface area contributed by atoms with Crippen molar-refractivity contribution < 1.29 is 29.0 Å². The Balaban J connectivity index is 0.00000432. The fraction of sp³-hybridized carbons (Fsp3) is 0.227. The Kier molecular flexibility index (Phi) is 9.75. The van der Waals surface area contributed by atoms with Gasteiger partial charge in [0, 0.05) is 48.5 Å². The minimum absolute atomic E-state index is 0. The van der Waals surface area contributed by atoms with E-state index in [1.807, 2.05) is 4.90 Å². The number of non-ortho nitro benzene ring substituents is 2. The standard InChI is InChI=1S/C22H22N3O8P.BrH/c26-22-18(12-16-2-6-20(7-3-16)24(27)28)14-23(10-1-11-34(31,32)33)15-19(22)13-17-4-8-21(9-5-17)25(29)30;/h2-9,12-13H,1,10-11,14-15H2,(H2,31,32,33);1H/b18-12+,19-13+;. The van der Waals surface area contributed by atoms with E-state index in [1.165, 1.54) is 48.5 Å². The first-order valence-electron chi connectivity index (χ1n) is 10.2. The molecule has 1 aliphatic heterocycles. The molecule has 0 bridgehead atoms. The number of ketones is 1. The average Bonchev–Trinajstić information content (AvgIpc) is 2.76. The zero-order chi connectivity index (χ0) is 24.9. The molecule has 0 radical (unpaired) electrons. The topological polar surface area (TPSA) is 164 Å². The molecular formula is C22H23BrN3O8P. The molecule has 0 aliphatic carbocycles. The van der Waals surface area contributed by atoms with Gasteiger partial charge < -0.3 is 9.79 Å². The third kappa shape index (κ3) is 8.30. The van der Waals surface area contributed by atoms with Crippen LogP contribution in [0.5, 0.6) is 0 Å². The number of Topliss-reactive ketones (excluding diaryl/α,β-unsaturated/α-hetero) is 1. The van der Waals surface area contributed by atoms with Crippen LogP contribution in [0.25, 0.3) is 12.2 Å². The van der Waals surface area contributed by atoms with Crippen LogP contribution in [0.4, 0.5) is 11.4 Å². The minimum Gasteiger partial charge on any atom is -0.324 e. The van der Waals surface area contributed by atoms with Crippen LogP contribution in [0.2, 0.25) is 0 Å². The van der Waals surface area contributed by atoms with E-state index in [0.717, 1.165) is 0 Å². The maximum absolute atomic E-state index is 13.2. The van der Waals surface area contributed by atoms with Crippen LogP contribution in [0.1, 0.15) is 17.5 Å². The van der Waals surface area contributed by atoms with Crippen LogP contribution < -0.4 is 0 Å². The second-order valence-corrected chi connectivity index (χ2v) is 9.59. The Bertz CT molecular complexity index is 1130. The molecule has 0 unspecified atom stereocenters. The molecule has 1 aliphatic rings. The summed E-state index contributed by atoms with van der Waals surface area (Å²) in [7, 11) is -4.14. The van der Waals surface area contributed by atoms with Crippen molar-refractivity contribution in [3.8, 4) is 0 Å². The lowest BCUT2D eigenvalue weighted by Gasteiger charge is -2.30. The van der Waals surface area contributed by atoms with Crippen LogP contribution in [0.15, 0.2) is 59.7 Å². The summed E-state index contributed by atoms with van der Waals surface area (Å²) >= 11 is 0. The molecule has 0 spiro atoms. The molecule has 3 rings (SSSR count). The van der Waals surface area contributed by atoms with E-state index >= 15 is 0 Å². The van der Waals surface area contributed by atoms with Crippen LogP contribution in [-0.2, 0) is 9.36 Å². The summed E-state index contributed by atoms with van der Waals surface area (Å²) in [6, 6.07) is 11.5. The molecule has 11 nitrogen and oxygen atoms in total. The first kappa shape index (κ1) is 28.2. The number of likely N-dealkylation sites (tertiary alicyclic amines) is 1. The number of nitrogens with zero attached hydrogens (tertiary/aromatic N) is 3. The van der Waals surface area contributed by atoms with Gasteiger partial charge in [0.15, 0.2) is 5.78 Å². The molecule has 2 aromatic rings. The van der Waals surface area contributed by atoms with Crippen LogP contribution in [0.3, 0.4) is 0 Å². The Morgan fingerprint density at radius 1 is 0.857 bits per heavy atom. The fourth-order valence-corrected chi connectivity index (χ4v) is 4.11. The highest BCUT2D eigenvalue weighted by atomic mass is 79.9. The van der Waals surface area contributed by atoms with Gasteiger partial charge in [0.2, 0.25) is 0 Å². The molecule has 186 valence electrons. The van der Waals surface area contributed by atoms with Crippen molar-refractivity contribution in [1.82, 2.24) is 4.90 Å². The monoisotopic (exact) mass is 567 g/mol. The summed E-state index contributed by atoms with van der Waals surface area (Å²) in [5, 5.41) is 21.7. The van der Waals surface area contributed by atoms with Gasteiger partial charge in [0.25, 0.3) is 11.4 Å². The molecule has 35 heavy (non-hydrogen) atoms. The van der Waals surface area contributed by atoms with Crippen molar-refractivity contribution in [2.75, 3.05) is 25.8 Å². The maximum Gasteiger partial charge on any atom is 0.325 e. The number of nitro groups is 2. The zero-order valence-electron chi connectivity index (χ0n) is 18.4. The van der Waals surface area contributed by atoms with Crippen LogP contribution in [-0.4, -0.2) is 56.1 Å². The summed E-state index contributed by atoms with van der Waals surface area (Å²) in [5.74, 6) is -0.233. The van der Waals surface area contributed by atoms with E-state index in [-0.39, 0.29) is 59.8 Å². The molecule has 0 amide bonds. The van der Waals surface area contributed by atoms with Gasteiger partial charge in [-0.15, -0.1) is 17.0 Å². The number of carbonyl (C=O) groups excluding carboxylic acids is 1. The number of rotatable bonds is 8. The molecule has 1 saturated heterocycles. The number of halogens is 1. The second kappa shape index (κ2) is 12.1. The number of hydrogen-bond acceptors (Lipinski definition) is 7. The lowest BCUT2D eigenvalue weighted by Crippen LogP contribution is -2.38. The third-order valence-electron chi connectivity index (χ3n) is 5.18. The van der Waals surface area contributed by atoms with Crippen molar-refractivity contribution in [3.05, 3.63) is 91.0 Å². The van der Waals surface area contributed by atoms with Crippen LogP contribution in [0, 0.1) is 20.2 Å². The number of hydrogen-bond donors (Lipinski definition) is 2. The lowest BCUT2D eigenvalue weighted by molar-refractivity contribution is -0.385. The summed E-state index contributed by atoms with van der Waals surface area (Å²) in [6.07, 6.45) is 3.21. The number of piperidine rings is 1. The van der Waals surface area contributed by atoms with Gasteiger partial charge in [-0.1, -0.05) is 0 Å². The summed E-state index contributed by atoms with van der Waals surface area (Å²) in [6.45, 7) is 0.830. The first-order valence-corrected chi connectivity index (χ1v) is 12.0. The van der Waals surface area contributed by atoms with Gasteiger partial charge in [-0.2, -0.15) is 0 Å². The van der Waals surface area contributed by atoms with Crippen molar-refractivity contribution in [2.24, 2.45) is 0 Å². The van der Waals surface area contributed by atoms with E-state index in [1.54, 1.807) is 12.2 Å². The summed E-state index contributed by atoms with van der Waals surface area (Å²) < 4.78 is 11.2. The van der Waals surface area contributed by atoms with E-state index in [0.29, 0.717) is 28.8 Å². The third-order valence-corrected chi connectivity index (χ3v) is 6.08.